The van der Waals surface area contributed by atoms with Gasteiger partial charge in [0.15, 0.2) is 0 Å². The third-order valence-corrected chi connectivity index (χ3v) is 1.93. The van der Waals surface area contributed by atoms with Crippen LogP contribution in [0.2, 0.25) is 0 Å². The molecule has 0 fully saturated rings. The Hall–Kier alpha value is -1.16. The maximum Gasteiger partial charge on any atom is 0.280 e. The molecular formula is C6H5NO2S. The van der Waals surface area contributed by atoms with Crippen molar-refractivity contribution in [2.45, 2.75) is 0 Å². The molecule has 0 aliphatic rings. The predicted octanol–water partition coefficient (Wildman–Crippen LogP) is 2.30. The van der Waals surface area contributed by atoms with Crippen LogP contribution in [0, 0.1) is 10.1 Å². The summed E-state index contributed by atoms with van der Waals surface area (Å²) in [6.45, 7) is 3.49. The van der Waals surface area contributed by atoms with Gasteiger partial charge in [0.05, 0.1) is 10.3 Å². The summed E-state index contributed by atoms with van der Waals surface area (Å²) >= 11 is 1.32. The molecule has 4 heteroatoms. The molecule has 1 aromatic heterocycles. The highest BCUT2D eigenvalue weighted by atomic mass is 32.1. The van der Waals surface area contributed by atoms with Gasteiger partial charge in [0, 0.05) is 10.9 Å². The maximum absolute atomic E-state index is 10.1. The largest absolute Gasteiger partial charge is 0.280 e. The summed E-state index contributed by atoms with van der Waals surface area (Å²) in [5, 5.41) is 11.6. The molecule has 0 aliphatic carbocycles. The summed E-state index contributed by atoms with van der Waals surface area (Å²) in [6, 6.07) is 1.50. The fourth-order valence-electron chi connectivity index (χ4n) is 0.545. The van der Waals surface area contributed by atoms with E-state index in [0.717, 1.165) is 4.88 Å². The van der Waals surface area contributed by atoms with Crippen LogP contribution in [0.15, 0.2) is 18.0 Å². The van der Waals surface area contributed by atoms with Gasteiger partial charge in [0.1, 0.15) is 0 Å². The second kappa shape index (κ2) is 2.62. The van der Waals surface area contributed by atoms with Crippen molar-refractivity contribution in [2.24, 2.45) is 0 Å². The van der Waals surface area contributed by atoms with Crippen LogP contribution in [0.3, 0.4) is 0 Å². The third-order valence-electron chi connectivity index (χ3n) is 1.02. The quantitative estimate of drug-likeness (QED) is 0.485. The summed E-state index contributed by atoms with van der Waals surface area (Å²) in [5.74, 6) is 0. The van der Waals surface area contributed by atoms with Crippen LogP contribution in [-0.4, -0.2) is 4.92 Å². The van der Waals surface area contributed by atoms with Gasteiger partial charge in [-0.2, -0.15) is 0 Å². The zero-order chi connectivity index (χ0) is 7.56. The average molecular weight is 155 g/mol. The van der Waals surface area contributed by atoms with E-state index in [9.17, 15) is 10.1 Å². The summed E-state index contributed by atoms with van der Waals surface area (Å²) in [4.78, 5) is 10.5. The number of rotatable bonds is 2. The van der Waals surface area contributed by atoms with Gasteiger partial charge in [0.2, 0.25) is 0 Å². The predicted molar refractivity (Wildman–Crippen MR) is 41.1 cm³/mol. The highest BCUT2D eigenvalue weighted by Crippen LogP contribution is 2.21. The Morgan fingerprint density at radius 1 is 1.80 bits per heavy atom. The van der Waals surface area contributed by atoms with E-state index in [4.69, 9.17) is 0 Å². The molecule has 0 saturated carbocycles. The van der Waals surface area contributed by atoms with Crippen LogP contribution in [-0.2, 0) is 0 Å². The normalized spacial score (nSPS) is 9.20. The molecule has 0 amide bonds. The van der Waals surface area contributed by atoms with Crippen molar-refractivity contribution in [1.29, 1.82) is 0 Å². The first-order valence-electron chi connectivity index (χ1n) is 2.59. The van der Waals surface area contributed by atoms with Crippen molar-refractivity contribution in [3.8, 4) is 0 Å². The van der Waals surface area contributed by atoms with Crippen LogP contribution in [0.5, 0.6) is 0 Å². The van der Waals surface area contributed by atoms with Gasteiger partial charge in [-0.3, -0.25) is 10.1 Å². The van der Waals surface area contributed by atoms with Crippen LogP contribution in [0.1, 0.15) is 4.88 Å². The Kier molecular flexibility index (Phi) is 1.82. The van der Waals surface area contributed by atoms with E-state index in [2.05, 4.69) is 6.58 Å². The number of thiophene rings is 1. The third kappa shape index (κ3) is 1.22. The summed E-state index contributed by atoms with van der Waals surface area (Å²) in [5.41, 5.74) is 0.139. The minimum atomic E-state index is -0.413. The molecule has 52 valence electrons. The Labute approximate surface area is 61.8 Å². The van der Waals surface area contributed by atoms with E-state index in [-0.39, 0.29) is 5.69 Å². The zero-order valence-electron chi connectivity index (χ0n) is 5.11. The lowest BCUT2D eigenvalue weighted by Crippen LogP contribution is -1.82. The van der Waals surface area contributed by atoms with Crippen molar-refractivity contribution >= 4 is 23.1 Å². The Morgan fingerprint density at radius 3 is 2.80 bits per heavy atom. The summed E-state index contributed by atoms with van der Waals surface area (Å²) in [6.07, 6.45) is 1.59. The lowest BCUT2D eigenvalue weighted by molar-refractivity contribution is -0.384. The van der Waals surface area contributed by atoms with Gasteiger partial charge in [-0.05, 0) is 0 Å². The highest BCUT2D eigenvalue weighted by molar-refractivity contribution is 7.11. The molecule has 0 atom stereocenters. The highest BCUT2D eigenvalue weighted by Gasteiger charge is 2.05. The van der Waals surface area contributed by atoms with Gasteiger partial charge in [-0.1, -0.05) is 12.7 Å². The second-order valence-electron chi connectivity index (χ2n) is 1.67. The Balaban J connectivity index is 2.98. The SMILES string of the molecule is C=Cc1cc([N+](=O)[O-])cs1. The number of hydrogen-bond donors (Lipinski definition) is 0. The fraction of sp³-hybridized carbons (Fsp3) is 0. The fourth-order valence-corrected chi connectivity index (χ4v) is 1.24. The lowest BCUT2D eigenvalue weighted by Gasteiger charge is -1.78. The van der Waals surface area contributed by atoms with Gasteiger partial charge in [-0.15, -0.1) is 11.3 Å². The number of hydrogen-bond acceptors (Lipinski definition) is 3. The molecule has 0 spiro atoms. The van der Waals surface area contributed by atoms with Crippen LogP contribution >= 0.6 is 11.3 Å². The zero-order valence-corrected chi connectivity index (χ0v) is 5.93. The second-order valence-corrected chi connectivity index (χ2v) is 2.61. The number of nitrogens with zero attached hydrogens (tertiary/aromatic N) is 1. The molecule has 0 saturated heterocycles. The molecule has 0 aromatic carbocycles. The molecule has 1 aromatic rings. The molecule has 0 bridgehead atoms. The molecule has 1 heterocycles. The van der Waals surface area contributed by atoms with E-state index in [1.165, 1.54) is 22.8 Å². The minimum absolute atomic E-state index is 0.139. The van der Waals surface area contributed by atoms with Crippen molar-refractivity contribution in [3.05, 3.63) is 33.0 Å². The smallest absolute Gasteiger partial charge is 0.258 e. The van der Waals surface area contributed by atoms with Crippen LogP contribution in [0.25, 0.3) is 6.08 Å². The molecule has 0 radical (unpaired) electrons. The van der Waals surface area contributed by atoms with E-state index in [1.54, 1.807) is 6.08 Å². The first-order chi connectivity index (χ1) is 4.74. The maximum atomic E-state index is 10.1. The minimum Gasteiger partial charge on any atom is -0.258 e. The molecule has 0 unspecified atom stereocenters. The van der Waals surface area contributed by atoms with Gasteiger partial charge in [-0.25, -0.2) is 0 Å². The van der Waals surface area contributed by atoms with Gasteiger partial charge >= 0.3 is 0 Å². The first kappa shape index (κ1) is 6.95. The Bertz CT molecular complexity index is 266. The van der Waals surface area contributed by atoms with E-state index < -0.39 is 4.92 Å². The standard InChI is InChI=1S/C6H5NO2S/c1-2-6-3-5(4-10-6)7(8)9/h2-4H,1H2. The van der Waals surface area contributed by atoms with Gasteiger partial charge in [0.25, 0.3) is 5.69 Å². The molecule has 3 nitrogen and oxygen atoms in total. The average Bonchev–Trinajstić information content (AvgIpc) is 2.34. The molecular weight excluding hydrogens is 150 g/mol. The first-order valence-corrected chi connectivity index (χ1v) is 3.47. The van der Waals surface area contributed by atoms with Gasteiger partial charge < -0.3 is 0 Å². The molecule has 1 rings (SSSR count). The van der Waals surface area contributed by atoms with Crippen LogP contribution < -0.4 is 0 Å². The molecule has 10 heavy (non-hydrogen) atoms. The Morgan fingerprint density at radius 2 is 2.50 bits per heavy atom. The van der Waals surface area contributed by atoms with Crippen molar-refractivity contribution in [3.63, 3.8) is 0 Å². The monoisotopic (exact) mass is 155 g/mol. The molecule has 0 N–H and O–H groups in total. The van der Waals surface area contributed by atoms with Crippen molar-refractivity contribution < 1.29 is 4.92 Å². The van der Waals surface area contributed by atoms with E-state index >= 15 is 0 Å². The van der Waals surface area contributed by atoms with Crippen molar-refractivity contribution in [2.75, 3.05) is 0 Å². The van der Waals surface area contributed by atoms with Crippen molar-refractivity contribution in [1.82, 2.24) is 0 Å². The topological polar surface area (TPSA) is 43.1 Å². The summed E-state index contributed by atoms with van der Waals surface area (Å²) in [7, 11) is 0. The summed E-state index contributed by atoms with van der Waals surface area (Å²) < 4.78 is 0. The molecule has 0 aliphatic heterocycles. The van der Waals surface area contributed by atoms with E-state index in [0.29, 0.717) is 0 Å². The van der Waals surface area contributed by atoms with E-state index in [1.807, 2.05) is 0 Å². The number of nitro groups is 1. The van der Waals surface area contributed by atoms with Crippen LogP contribution in [0.4, 0.5) is 5.69 Å². The lowest BCUT2D eigenvalue weighted by atomic mass is 10.4.